The largest absolute Gasteiger partial charge is 0.311 e. The summed E-state index contributed by atoms with van der Waals surface area (Å²) >= 11 is 0. The molecule has 576 valence electrons. The third kappa shape index (κ3) is 15.3. The fourth-order valence-electron chi connectivity index (χ4n) is 17.3. The highest BCUT2D eigenvalue weighted by atomic mass is 15.2. The number of rotatable bonds is 11. The summed E-state index contributed by atoms with van der Waals surface area (Å²) in [5.41, 5.74) is 23.6. The summed E-state index contributed by atoms with van der Waals surface area (Å²) < 4.78 is 82.6. The molecule has 0 saturated heterocycles. The molecule has 15 rings (SSSR count). The van der Waals surface area contributed by atoms with Gasteiger partial charge in [0.1, 0.15) is 0 Å². The molecule has 2 aromatic heterocycles. The Bertz CT molecular complexity index is 5760. The first kappa shape index (κ1) is 68.3. The van der Waals surface area contributed by atoms with Gasteiger partial charge in [0, 0.05) is 77.8 Å². The zero-order valence-electron chi connectivity index (χ0n) is 80.2. The molecular formula is C107H125BN4. The van der Waals surface area contributed by atoms with E-state index in [0.717, 1.165) is 134 Å². The van der Waals surface area contributed by atoms with Gasteiger partial charge in [-0.15, -0.1) is 0 Å². The summed E-state index contributed by atoms with van der Waals surface area (Å²) in [6.45, 7) is 57.7. The van der Waals surface area contributed by atoms with Gasteiger partial charge in [-0.1, -0.05) is 284 Å². The summed E-state index contributed by atoms with van der Waals surface area (Å²) in [7, 11) is 0. The maximum atomic E-state index is 9.74. The van der Waals surface area contributed by atoms with Gasteiger partial charge >= 0.3 is 0 Å². The number of benzene rings is 11. The topological polar surface area (TPSA) is 16.3 Å². The van der Waals surface area contributed by atoms with Crippen LogP contribution in [0, 0.1) is 27.1 Å². The molecule has 112 heavy (non-hydrogen) atoms. The van der Waals surface area contributed by atoms with Crippen molar-refractivity contribution in [2.45, 2.75) is 241 Å². The number of nitrogens with zero attached hydrogens (tertiary/aromatic N) is 4. The first-order chi connectivity index (χ1) is 55.2. The van der Waals surface area contributed by atoms with Crippen molar-refractivity contribution in [3.05, 3.63) is 256 Å². The van der Waals surface area contributed by atoms with Crippen LogP contribution in [-0.2, 0) is 53.6 Å². The van der Waals surface area contributed by atoms with E-state index >= 15 is 0 Å². The van der Waals surface area contributed by atoms with E-state index in [9.17, 15) is 11.0 Å². The van der Waals surface area contributed by atoms with Gasteiger partial charge in [-0.05, 0) is 267 Å². The van der Waals surface area contributed by atoms with E-state index in [4.69, 9.17) is 0 Å². The Labute approximate surface area is 684 Å². The summed E-state index contributed by atoms with van der Waals surface area (Å²) in [6, 6.07) is 76.2. The number of anilines is 6. The zero-order valence-corrected chi connectivity index (χ0v) is 72.2. The van der Waals surface area contributed by atoms with Gasteiger partial charge in [-0.25, -0.2) is 0 Å². The van der Waals surface area contributed by atoms with Crippen LogP contribution in [-0.4, -0.2) is 15.8 Å². The fraction of sp³-hybridized carbons (Fsp3) is 0.383. The monoisotopic (exact) mass is 1490 g/mol. The van der Waals surface area contributed by atoms with Crippen LogP contribution in [0.2, 0.25) is 0 Å². The standard InChI is InChI=1S/C107H125BN4/c1-99(2,3)62-67-34-44-90-82(50-67)83-51-68(63-100(4,5)6)35-45-91(83)109(90)78-40-42-86-94(60-78)111(88-48-38-76(106(22,23)24)58-80(88)72-30-28-32-74(56-72)104(16,17)18)96-54-71(66-103(13,14)15)55-97-98(96)108(86)87-43-41-79(110-92-46-36-69(64-101(7,8)9)52-84(92)85-53-70(37-47-93(85)110)65-102(10,11)12)61-95(87)112(97)89-49-39-77(107(25,26)27)59-81(89)73-31-29-33-75(57-73)105(19,20)21/h28-61H,62-66H2,1-27H3/i62D2,63D2,64D2,65D2. The average molecular weight is 1490 g/mol. The maximum Gasteiger partial charge on any atom is 0.252 e. The fourth-order valence-corrected chi connectivity index (χ4v) is 17.3. The van der Waals surface area contributed by atoms with Gasteiger partial charge in [0.05, 0.1) is 33.4 Å². The lowest BCUT2D eigenvalue weighted by molar-refractivity contribution is 0.411. The van der Waals surface area contributed by atoms with Crippen LogP contribution in [0.15, 0.2) is 206 Å². The molecule has 11 aromatic carbocycles. The van der Waals surface area contributed by atoms with Crippen LogP contribution in [0.4, 0.5) is 34.1 Å². The molecular weight excluding hydrogens is 1350 g/mol. The van der Waals surface area contributed by atoms with E-state index in [1.165, 1.54) is 27.8 Å². The molecule has 0 radical (unpaired) electrons. The molecule has 2 aliphatic heterocycles. The first-order valence-electron chi connectivity index (χ1n) is 45.0. The second-order valence-electron chi connectivity index (χ2n) is 42.1. The molecule has 2 aliphatic rings. The van der Waals surface area contributed by atoms with Gasteiger partial charge in [0.2, 0.25) is 0 Å². The molecule has 0 unspecified atom stereocenters. The van der Waals surface area contributed by atoms with Crippen molar-refractivity contribution in [1.82, 2.24) is 9.13 Å². The molecule has 0 aliphatic carbocycles. The minimum atomic E-state index is -1.72. The Balaban J connectivity index is 1.11. The Morgan fingerprint density at radius 2 is 0.580 bits per heavy atom. The molecule has 0 fully saturated rings. The quantitative estimate of drug-likeness (QED) is 0.120. The molecule has 0 amide bonds. The smallest absolute Gasteiger partial charge is 0.252 e. The third-order valence-corrected chi connectivity index (χ3v) is 22.2. The SMILES string of the molecule is [2H]C([2H])(c1ccc2c(c1)c1cc(C([2H])([2H])C(C)(C)C)ccc1n2-c1ccc2c(c1)N(c1ccc(C(C)(C)C)cc1-c1cccc(C(C)(C)C)c1)c1cc(CC(C)(C)C)cc3c1B2c1ccc(-n2c4ccc(C([2H])([2H])C(C)(C)C)cc4c4cc(C([2H])([2H])C(C)(C)C)ccc42)cc1N3c1ccc(C(C)(C)C)cc1-c1cccc(C(C)(C)C)c1)C(C)(C)C. The molecule has 5 heteroatoms. The van der Waals surface area contributed by atoms with Crippen molar-refractivity contribution in [2.24, 2.45) is 27.1 Å². The van der Waals surface area contributed by atoms with Crippen molar-refractivity contribution >= 4 is 101 Å². The highest BCUT2D eigenvalue weighted by Crippen LogP contribution is 2.53. The van der Waals surface area contributed by atoms with E-state index in [2.05, 4.69) is 281 Å². The summed E-state index contributed by atoms with van der Waals surface area (Å²) in [4.78, 5) is 5.20. The van der Waals surface area contributed by atoms with Crippen molar-refractivity contribution in [1.29, 1.82) is 0 Å². The Morgan fingerprint density at radius 1 is 0.268 bits per heavy atom. The summed E-state index contributed by atoms with van der Waals surface area (Å²) in [5.74, 6) is 0. The number of hydrogen-bond acceptors (Lipinski definition) is 2. The van der Waals surface area contributed by atoms with Crippen LogP contribution >= 0.6 is 0 Å². The van der Waals surface area contributed by atoms with E-state index in [-0.39, 0.29) is 33.8 Å². The molecule has 0 atom stereocenters. The van der Waals surface area contributed by atoms with Gasteiger partial charge < -0.3 is 18.9 Å². The van der Waals surface area contributed by atoms with Crippen molar-refractivity contribution < 1.29 is 11.0 Å². The Morgan fingerprint density at radius 3 is 0.875 bits per heavy atom. The lowest BCUT2D eigenvalue weighted by Crippen LogP contribution is -2.61. The van der Waals surface area contributed by atoms with Crippen LogP contribution in [0.1, 0.15) is 248 Å². The van der Waals surface area contributed by atoms with E-state index < -0.39 is 47.2 Å². The maximum absolute atomic E-state index is 9.74. The van der Waals surface area contributed by atoms with Gasteiger partial charge in [-0.3, -0.25) is 0 Å². The molecule has 0 saturated carbocycles. The average Bonchev–Trinajstić information content (AvgIpc) is 0.795. The minimum absolute atomic E-state index is 0.163. The highest BCUT2D eigenvalue weighted by Gasteiger charge is 2.46. The number of fused-ring (bicyclic) bond motifs is 10. The lowest BCUT2D eigenvalue weighted by Gasteiger charge is -2.45. The predicted molar refractivity (Wildman–Crippen MR) is 491 cm³/mol. The zero-order chi connectivity index (χ0) is 87.6. The number of hydrogen-bond donors (Lipinski definition) is 0. The minimum Gasteiger partial charge on any atom is -0.311 e. The van der Waals surface area contributed by atoms with Crippen LogP contribution in [0.5, 0.6) is 0 Å². The molecule has 13 aromatic rings. The van der Waals surface area contributed by atoms with Gasteiger partial charge in [0.25, 0.3) is 6.71 Å². The van der Waals surface area contributed by atoms with E-state index in [1.54, 1.807) is 0 Å². The van der Waals surface area contributed by atoms with Gasteiger partial charge in [0.15, 0.2) is 0 Å². The summed E-state index contributed by atoms with van der Waals surface area (Å²) in [5, 5.41) is 3.37. The molecule has 4 nitrogen and oxygen atoms in total. The van der Waals surface area contributed by atoms with Crippen molar-refractivity contribution in [3.63, 3.8) is 0 Å². The molecule has 4 heterocycles. The molecule has 0 N–H and O–H groups in total. The second-order valence-corrected chi connectivity index (χ2v) is 42.1. The Hall–Kier alpha value is -9.32. The van der Waals surface area contributed by atoms with Crippen molar-refractivity contribution in [3.8, 4) is 33.6 Å². The van der Waals surface area contributed by atoms with Crippen LogP contribution < -0.4 is 26.2 Å². The first-order valence-corrected chi connectivity index (χ1v) is 41.0. The van der Waals surface area contributed by atoms with E-state index in [1.807, 2.05) is 132 Å². The highest BCUT2D eigenvalue weighted by molar-refractivity contribution is 7.00. The Kier molecular flexibility index (Phi) is 16.6. The van der Waals surface area contributed by atoms with Gasteiger partial charge in [-0.2, -0.15) is 0 Å². The van der Waals surface area contributed by atoms with Crippen molar-refractivity contribution in [2.75, 3.05) is 9.80 Å². The van der Waals surface area contributed by atoms with E-state index in [0.29, 0.717) is 22.3 Å². The second kappa shape index (κ2) is 27.2. The summed E-state index contributed by atoms with van der Waals surface area (Å²) in [6.07, 6.45) is -6.15. The lowest BCUT2D eigenvalue weighted by atomic mass is 9.33. The number of aromatic nitrogens is 2. The normalized spacial score (nSPS) is 15.5. The van der Waals surface area contributed by atoms with Crippen LogP contribution in [0.3, 0.4) is 0 Å². The third-order valence-electron chi connectivity index (χ3n) is 22.2. The van der Waals surface area contributed by atoms with Crippen LogP contribution in [0.25, 0.3) is 77.2 Å². The molecule has 0 spiro atoms. The predicted octanol–water partition coefficient (Wildman–Crippen LogP) is 28.4. The molecule has 0 bridgehead atoms.